The number of allylic oxidation sites excluding steroid dienone is 1. The third-order valence-electron chi connectivity index (χ3n) is 7.06. The Labute approximate surface area is 138 Å². The molecule has 4 atom stereocenters. The third kappa shape index (κ3) is 2.01. The predicted octanol–water partition coefficient (Wildman–Crippen LogP) is 3.98. The van der Waals surface area contributed by atoms with Gasteiger partial charge < -0.3 is 4.74 Å². The molecule has 1 aliphatic heterocycles. The lowest BCUT2D eigenvalue weighted by Crippen LogP contribution is -2.53. The standard InChI is InChI=1S/C20H26O3/c1-11-14-7-12-5-6-17-19(2,3)9-13(21)10-20(17,4)15(12)8-16(14)23-18(11)22/h7,15-17H,5-6,8-10H2,1-4H3/t15-,16-,17-,20+/m1/s1. The van der Waals surface area contributed by atoms with Crippen molar-refractivity contribution in [1.82, 2.24) is 0 Å². The van der Waals surface area contributed by atoms with E-state index in [1.54, 1.807) is 0 Å². The van der Waals surface area contributed by atoms with Gasteiger partial charge in [0.25, 0.3) is 0 Å². The van der Waals surface area contributed by atoms with E-state index < -0.39 is 0 Å². The minimum Gasteiger partial charge on any atom is -0.454 e. The van der Waals surface area contributed by atoms with Gasteiger partial charge in [-0.3, -0.25) is 4.79 Å². The van der Waals surface area contributed by atoms with E-state index in [0.717, 1.165) is 30.4 Å². The van der Waals surface area contributed by atoms with Crippen LogP contribution < -0.4 is 0 Å². The summed E-state index contributed by atoms with van der Waals surface area (Å²) < 4.78 is 5.59. The predicted molar refractivity (Wildman–Crippen MR) is 87.6 cm³/mol. The fraction of sp³-hybridized carbons (Fsp3) is 0.700. The van der Waals surface area contributed by atoms with Gasteiger partial charge >= 0.3 is 5.97 Å². The van der Waals surface area contributed by atoms with Gasteiger partial charge in [-0.15, -0.1) is 0 Å². The summed E-state index contributed by atoms with van der Waals surface area (Å²) in [7, 11) is 0. The first-order valence-corrected chi connectivity index (χ1v) is 8.86. The molecule has 0 unspecified atom stereocenters. The summed E-state index contributed by atoms with van der Waals surface area (Å²) in [6, 6.07) is 0. The first-order chi connectivity index (χ1) is 10.7. The van der Waals surface area contributed by atoms with Gasteiger partial charge in [0, 0.05) is 24.0 Å². The molecule has 4 rings (SSSR count). The number of ether oxygens (including phenoxy) is 1. The Bertz CT molecular complexity index is 666. The minimum absolute atomic E-state index is 0.0113. The molecular formula is C20H26O3. The van der Waals surface area contributed by atoms with Crippen LogP contribution in [0.4, 0.5) is 0 Å². The summed E-state index contributed by atoms with van der Waals surface area (Å²) in [6.07, 6.45) is 6.65. The molecule has 3 nitrogen and oxygen atoms in total. The van der Waals surface area contributed by atoms with E-state index in [2.05, 4.69) is 26.8 Å². The van der Waals surface area contributed by atoms with Gasteiger partial charge in [0.2, 0.25) is 0 Å². The highest BCUT2D eigenvalue weighted by atomic mass is 16.5. The van der Waals surface area contributed by atoms with Gasteiger partial charge in [-0.2, -0.15) is 0 Å². The van der Waals surface area contributed by atoms with E-state index >= 15 is 0 Å². The molecule has 0 amide bonds. The SMILES string of the molecule is CC1=C2C=C3CC[C@@H]4C(C)(C)CC(=O)C[C@@]4(C)[C@@H]3C[C@H]2OC1=O. The van der Waals surface area contributed by atoms with Crippen molar-refractivity contribution in [2.45, 2.75) is 65.9 Å². The van der Waals surface area contributed by atoms with E-state index in [-0.39, 0.29) is 22.9 Å². The van der Waals surface area contributed by atoms with Gasteiger partial charge in [0.1, 0.15) is 11.9 Å². The number of ketones is 1. The van der Waals surface area contributed by atoms with Crippen LogP contribution in [0.25, 0.3) is 0 Å². The number of Topliss-reactive ketones (excluding diaryl/α,β-unsaturated/α-hetero) is 1. The molecule has 0 aromatic rings. The zero-order chi connectivity index (χ0) is 16.6. The second-order valence-electron chi connectivity index (χ2n) is 8.96. The van der Waals surface area contributed by atoms with Crippen molar-refractivity contribution in [3.8, 4) is 0 Å². The molecule has 0 saturated heterocycles. The van der Waals surface area contributed by atoms with Gasteiger partial charge in [-0.1, -0.05) is 32.4 Å². The lowest BCUT2D eigenvalue weighted by molar-refractivity contribution is -0.145. The van der Waals surface area contributed by atoms with Gasteiger partial charge in [0.05, 0.1) is 0 Å². The monoisotopic (exact) mass is 314 g/mol. The van der Waals surface area contributed by atoms with Crippen LogP contribution in [-0.4, -0.2) is 17.9 Å². The van der Waals surface area contributed by atoms with Gasteiger partial charge in [-0.25, -0.2) is 4.79 Å². The van der Waals surface area contributed by atoms with Crippen molar-refractivity contribution < 1.29 is 14.3 Å². The molecule has 2 fully saturated rings. The fourth-order valence-corrected chi connectivity index (χ4v) is 6.15. The number of carbonyl (C=O) groups excluding carboxylic acids is 2. The highest BCUT2D eigenvalue weighted by Gasteiger charge is 2.57. The molecule has 2 saturated carbocycles. The Morgan fingerprint density at radius 2 is 1.91 bits per heavy atom. The summed E-state index contributed by atoms with van der Waals surface area (Å²) in [6.45, 7) is 8.70. The normalized spacial score (nSPS) is 41.7. The quantitative estimate of drug-likeness (QED) is 0.635. The van der Waals surface area contributed by atoms with E-state index in [0.29, 0.717) is 30.5 Å². The van der Waals surface area contributed by atoms with Gasteiger partial charge in [-0.05, 0) is 48.9 Å². The second kappa shape index (κ2) is 4.58. The Kier molecular flexibility index (Phi) is 3.02. The summed E-state index contributed by atoms with van der Waals surface area (Å²) in [5.74, 6) is 1.17. The maximum Gasteiger partial charge on any atom is 0.334 e. The molecule has 0 N–H and O–H groups in total. The first kappa shape index (κ1) is 15.2. The summed E-state index contributed by atoms with van der Waals surface area (Å²) in [5.41, 5.74) is 3.39. The van der Waals surface area contributed by atoms with E-state index in [1.165, 1.54) is 5.57 Å². The lowest BCUT2D eigenvalue weighted by atomic mass is 9.46. The fourth-order valence-electron chi connectivity index (χ4n) is 6.15. The number of hydrogen-bond donors (Lipinski definition) is 0. The van der Waals surface area contributed by atoms with Gasteiger partial charge in [0.15, 0.2) is 0 Å². The Hall–Kier alpha value is -1.38. The Morgan fingerprint density at radius 1 is 1.17 bits per heavy atom. The van der Waals surface area contributed by atoms with Crippen LogP contribution in [0.5, 0.6) is 0 Å². The van der Waals surface area contributed by atoms with Crippen molar-refractivity contribution in [1.29, 1.82) is 0 Å². The van der Waals surface area contributed by atoms with E-state index in [9.17, 15) is 9.59 Å². The molecule has 0 bridgehead atoms. The molecule has 0 radical (unpaired) electrons. The first-order valence-electron chi connectivity index (χ1n) is 8.86. The van der Waals surface area contributed by atoms with Crippen LogP contribution in [0.3, 0.4) is 0 Å². The third-order valence-corrected chi connectivity index (χ3v) is 7.06. The zero-order valence-electron chi connectivity index (χ0n) is 14.6. The van der Waals surface area contributed by atoms with Crippen molar-refractivity contribution >= 4 is 11.8 Å². The maximum absolute atomic E-state index is 12.4. The van der Waals surface area contributed by atoms with Crippen LogP contribution in [0, 0.1) is 22.7 Å². The van der Waals surface area contributed by atoms with Crippen LogP contribution in [0.1, 0.15) is 59.8 Å². The summed E-state index contributed by atoms with van der Waals surface area (Å²) >= 11 is 0. The van der Waals surface area contributed by atoms with Crippen LogP contribution in [-0.2, 0) is 14.3 Å². The number of esters is 1. The van der Waals surface area contributed by atoms with Crippen molar-refractivity contribution in [2.75, 3.05) is 0 Å². The molecule has 1 heterocycles. The number of carbonyl (C=O) groups is 2. The molecule has 0 aromatic heterocycles. The summed E-state index contributed by atoms with van der Waals surface area (Å²) in [4.78, 5) is 24.3. The molecule has 0 spiro atoms. The van der Waals surface area contributed by atoms with E-state index in [1.807, 2.05) is 6.92 Å². The lowest BCUT2D eigenvalue weighted by Gasteiger charge is -2.58. The number of fused-ring (bicyclic) bond motifs is 4. The van der Waals surface area contributed by atoms with Crippen molar-refractivity contribution in [3.63, 3.8) is 0 Å². The molecule has 0 aromatic carbocycles. The number of hydrogen-bond acceptors (Lipinski definition) is 3. The molecule has 4 aliphatic rings. The van der Waals surface area contributed by atoms with E-state index in [4.69, 9.17) is 4.74 Å². The average Bonchev–Trinajstić information content (AvgIpc) is 2.70. The topological polar surface area (TPSA) is 43.4 Å². The van der Waals surface area contributed by atoms with Crippen LogP contribution in [0.15, 0.2) is 22.8 Å². The second-order valence-corrected chi connectivity index (χ2v) is 8.96. The van der Waals surface area contributed by atoms with Crippen molar-refractivity contribution in [3.05, 3.63) is 22.8 Å². The largest absolute Gasteiger partial charge is 0.454 e. The Morgan fingerprint density at radius 3 is 2.65 bits per heavy atom. The van der Waals surface area contributed by atoms with Crippen LogP contribution in [0.2, 0.25) is 0 Å². The van der Waals surface area contributed by atoms with Crippen molar-refractivity contribution in [2.24, 2.45) is 22.7 Å². The Balaban J connectivity index is 1.76. The molecule has 3 aliphatic carbocycles. The minimum atomic E-state index is -0.165. The molecule has 23 heavy (non-hydrogen) atoms. The molecule has 3 heteroatoms. The molecule has 124 valence electrons. The zero-order valence-corrected chi connectivity index (χ0v) is 14.6. The average molecular weight is 314 g/mol. The highest BCUT2D eigenvalue weighted by molar-refractivity contribution is 5.92. The maximum atomic E-state index is 12.4. The smallest absolute Gasteiger partial charge is 0.334 e. The van der Waals surface area contributed by atoms with Crippen LogP contribution >= 0.6 is 0 Å². The summed E-state index contributed by atoms with van der Waals surface area (Å²) in [5, 5.41) is 0. The molecular weight excluding hydrogens is 288 g/mol. The number of rotatable bonds is 0. The highest BCUT2D eigenvalue weighted by Crippen LogP contribution is 2.62.